The molecule has 0 unspecified atom stereocenters. The SMILES string of the molecule is CC(C)NCCCOc1nccn(C2CC2)c1=O. The Morgan fingerprint density at radius 3 is 3.00 bits per heavy atom. The molecule has 0 saturated heterocycles. The standard InChI is InChI=1S/C13H21N3O2/c1-10(2)14-6-3-9-18-12-13(17)16(8-7-15-12)11-4-5-11/h7-8,10-11,14H,3-6,9H2,1-2H3. The summed E-state index contributed by atoms with van der Waals surface area (Å²) in [5.41, 5.74) is -0.100. The van der Waals surface area contributed by atoms with Crippen molar-refractivity contribution in [2.75, 3.05) is 13.2 Å². The fourth-order valence-electron chi connectivity index (χ4n) is 1.78. The molecule has 1 fully saturated rings. The van der Waals surface area contributed by atoms with E-state index in [0.717, 1.165) is 25.8 Å². The number of aromatic nitrogens is 2. The zero-order chi connectivity index (χ0) is 13.0. The van der Waals surface area contributed by atoms with Gasteiger partial charge in [-0.3, -0.25) is 4.79 Å². The van der Waals surface area contributed by atoms with Crippen molar-refractivity contribution >= 4 is 0 Å². The van der Waals surface area contributed by atoms with E-state index in [9.17, 15) is 4.79 Å². The maximum Gasteiger partial charge on any atom is 0.313 e. The van der Waals surface area contributed by atoms with E-state index in [4.69, 9.17) is 4.74 Å². The summed E-state index contributed by atoms with van der Waals surface area (Å²) in [4.78, 5) is 16.0. The molecule has 5 heteroatoms. The number of nitrogens with one attached hydrogen (secondary N) is 1. The second-order valence-electron chi connectivity index (χ2n) is 4.99. The highest BCUT2D eigenvalue weighted by Crippen LogP contribution is 2.33. The van der Waals surface area contributed by atoms with Crippen molar-refractivity contribution in [2.45, 2.75) is 45.2 Å². The van der Waals surface area contributed by atoms with Gasteiger partial charge in [-0.2, -0.15) is 0 Å². The summed E-state index contributed by atoms with van der Waals surface area (Å²) in [7, 11) is 0. The van der Waals surface area contributed by atoms with Crippen molar-refractivity contribution < 1.29 is 4.74 Å². The number of hydrogen-bond donors (Lipinski definition) is 1. The van der Waals surface area contributed by atoms with Gasteiger partial charge in [0.15, 0.2) is 0 Å². The summed E-state index contributed by atoms with van der Waals surface area (Å²) in [6.45, 7) is 5.62. The van der Waals surface area contributed by atoms with Gasteiger partial charge in [0.25, 0.3) is 5.88 Å². The Kier molecular flexibility index (Phi) is 4.36. The molecule has 1 N–H and O–H groups in total. The molecule has 0 amide bonds. The predicted octanol–water partition coefficient (Wildman–Crippen LogP) is 1.35. The van der Waals surface area contributed by atoms with Gasteiger partial charge in [-0.05, 0) is 25.8 Å². The third-order valence-electron chi connectivity index (χ3n) is 2.89. The maximum atomic E-state index is 12.0. The highest BCUT2D eigenvalue weighted by Gasteiger charge is 2.25. The zero-order valence-corrected chi connectivity index (χ0v) is 11.1. The lowest BCUT2D eigenvalue weighted by Crippen LogP contribution is -2.26. The molecule has 1 heterocycles. The van der Waals surface area contributed by atoms with Gasteiger partial charge in [-0.15, -0.1) is 0 Å². The van der Waals surface area contributed by atoms with E-state index in [1.807, 2.05) is 0 Å². The van der Waals surface area contributed by atoms with Crippen molar-refractivity contribution in [2.24, 2.45) is 0 Å². The lowest BCUT2D eigenvalue weighted by Gasteiger charge is -2.09. The lowest BCUT2D eigenvalue weighted by molar-refractivity contribution is 0.287. The normalized spacial score (nSPS) is 15.1. The minimum atomic E-state index is -0.100. The third kappa shape index (κ3) is 3.57. The Hall–Kier alpha value is -1.36. The van der Waals surface area contributed by atoms with Gasteiger partial charge in [0.1, 0.15) is 0 Å². The third-order valence-corrected chi connectivity index (χ3v) is 2.89. The van der Waals surface area contributed by atoms with Gasteiger partial charge in [0, 0.05) is 24.5 Å². The quantitative estimate of drug-likeness (QED) is 0.743. The Labute approximate surface area is 107 Å². The summed E-state index contributed by atoms with van der Waals surface area (Å²) in [5, 5.41) is 3.30. The predicted molar refractivity (Wildman–Crippen MR) is 70.0 cm³/mol. The van der Waals surface area contributed by atoms with Crippen LogP contribution < -0.4 is 15.6 Å². The van der Waals surface area contributed by atoms with Crippen LogP contribution in [0.5, 0.6) is 5.88 Å². The molecule has 0 radical (unpaired) electrons. The van der Waals surface area contributed by atoms with E-state index in [1.54, 1.807) is 17.0 Å². The largest absolute Gasteiger partial charge is 0.474 e. The van der Waals surface area contributed by atoms with E-state index in [0.29, 0.717) is 18.7 Å². The number of ether oxygens (including phenoxy) is 1. The van der Waals surface area contributed by atoms with Crippen LogP contribution >= 0.6 is 0 Å². The molecular weight excluding hydrogens is 230 g/mol. The van der Waals surface area contributed by atoms with Crippen LogP contribution in [0.2, 0.25) is 0 Å². The van der Waals surface area contributed by atoms with Crippen molar-refractivity contribution in [3.8, 4) is 5.88 Å². The average molecular weight is 251 g/mol. The fourth-order valence-corrected chi connectivity index (χ4v) is 1.78. The molecule has 0 aliphatic heterocycles. The molecule has 1 aliphatic rings. The molecule has 18 heavy (non-hydrogen) atoms. The lowest BCUT2D eigenvalue weighted by atomic mass is 10.3. The van der Waals surface area contributed by atoms with Crippen LogP contribution in [0.15, 0.2) is 17.2 Å². The topological polar surface area (TPSA) is 56.1 Å². The molecule has 1 saturated carbocycles. The summed E-state index contributed by atoms with van der Waals surface area (Å²) >= 11 is 0. The highest BCUT2D eigenvalue weighted by molar-refractivity contribution is 5.06. The van der Waals surface area contributed by atoms with Crippen LogP contribution in [-0.2, 0) is 0 Å². The van der Waals surface area contributed by atoms with Crippen molar-refractivity contribution in [3.05, 3.63) is 22.7 Å². The van der Waals surface area contributed by atoms with Gasteiger partial charge < -0.3 is 14.6 Å². The summed E-state index contributed by atoms with van der Waals surface area (Å²) < 4.78 is 7.18. The van der Waals surface area contributed by atoms with E-state index < -0.39 is 0 Å². The van der Waals surface area contributed by atoms with Gasteiger partial charge in [-0.25, -0.2) is 4.98 Å². The van der Waals surface area contributed by atoms with Gasteiger partial charge in [0.05, 0.1) is 6.61 Å². The molecule has 0 atom stereocenters. The Bertz CT molecular complexity index is 438. The van der Waals surface area contributed by atoms with Crippen molar-refractivity contribution in [3.63, 3.8) is 0 Å². The van der Waals surface area contributed by atoms with Crippen molar-refractivity contribution in [1.29, 1.82) is 0 Å². The van der Waals surface area contributed by atoms with Gasteiger partial charge >= 0.3 is 5.56 Å². The minimum Gasteiger partial charge on any atom is -0.474 e. The van der Waals surface area contributed by atoms with Gasteiger partial charge in [0.2, 0.25) is 0 Å². The molecule has 2 rings (SSSR count). The molecule has 1 aromatic rings. The van der Waals surface area contributed by atoms with E-state index in [-0.39, 0.29) is 11.4 Å². The monoisotopic (exact) mass is 251 g/mol. The second kappa shape index (κ2) is 6.00. The van der Waals surface area contributed by atoms with Crippen LogP contribution in [0.1, 0.15) is 39.2 Å². The Balaban J connectivity index is 1.82. The van der Waals surface area contributed by atoms with E-state index >= 15 is 0 Å². The van der Waals surface area contributed by atoms with E-state index in [2.05, 4.69) is 24.1 Å². The Morgan fingerprint density at radius 2 is 2.33 bits per heavy atom. The average Bonchev–Trinajstić information content (AvgIpc) is 3.14. The van der Waals surface area contributed by atoms with Crippen LogP contribution in [0.3, 0.4) is 0 Å². The Morgan fingerprint density at radius 1 is 1.56 bits per heavy atom. The van der Waals surface area contributed by atoms with Gasteiger partial charge in [-0.1, -0.05) is 13.8 Å². The molecule has 5 nitrogen and oxygen atoms in total. The molecule has 0 bridgehead atoms. The first-order valence-electron chi connectivity index (χ1n) is 6.62. The summed E-state index contributed by atoms with van der Waals surface area (Å²) in [6, 6.07) is 0.845. The first-order valence-corrected chi connectivity index (χ1v) is 6.62. The minimum absolute atomic E-state index is 0.100. The van der Waals surface area contributed by atoms with Crippen LogP contribution in [0.25, 0.3) is 0 Å². The van der Waals surface area contributed by atoms with Crippen LogP contribution in [0, 0.1) is 0 Å². The summed E-state index contributed by atoms with van der Waals surface area (Å²) in [6.07, 6.45) is 6.43. The number of nitrogens with zero attached hydrogens (tertiary/aromatic N) is 2. The first-order chi connectivity index (χ1) is 8.68. The molecule has 1 aliphatic carbocycles. The second-order valence-corrected chi connectivity index (χ2v) is 4.99. The number of hydrogen-bond acceptors (Lipinski definition) is 4. The molecule has 0 spiro atoms. The van der Waals surface area contributed by atoms with Crippen LogP contribution in [0.4, 0.5) is 0 Å². The van der Waals surface area contributed by atoms with Crippen LogP contribution in [-0.4, -0.2) is 28.7 Å². The van der Waals surface area contributed by atoms with Crippen molar-refractivity contribution in [1.82, 2.24) is 14.9 Å². The molecule has 0 aromatic carbocycles. The zero-order valence-electron chi connectivity index (χ0n) is 11.1. The molecule has 1 aromatic heterocycles. The molecule has 100 valence electrons. The highest BCUT2D eigenvalue weighted by atomic mass is 16.5. The maximum absolute atomic E-state index is 12.0. The number of rotatable bonds is 7. The van der Waals surface area contributed by atoms with E-state index in [1.165, 1.54) is 0 Å². The summed E-state index contributed by atoms with van der Waals surface area (Å²) in [5.74, 6) is 0.231. The fraction of sp³-hybridized carbons (Fsp3) is 0.692. The first kappa shape index (κ1) is 13.1. The molecular formula is C13H21N3O2. The smallest absolute Gasteiger partial charge is 0.313 e.